The van der Waals surface area contributed by atoms with E-state index in [9.17, 15) is 4.79 Å². The van der Waals surface area contributed by atoms with Gasteiger partial charge in [-0.2, -0.15) is 0 Å². The minimum atomic E-state index is -1.07. The van der Waals surface area contributed by atoms with Crippen LogP contribution in [0.3, 0.4) is 0 Å². The van der Waals surface area contributed by atoms with Crippen LogP contribution in [0.5, 0.6) is 0 Å². The van der Waals surface area contributed by atoms with Gasteiger partial charge < -0.3 is 16.2 Å². The zero-order valence-corrected chi connectivity index (χ0v) is 10.4. The van der Waals surface area contributed by atoms with Crippen molar-refractivity contribution in [3.8, 4) is 0 Å². The monoisotopic (exact) mass is 258 g/mol. The molecule has 2 aromatic rings. The molecule has 0 fully saturated rings. The van der Waals surface area contributed by atoms with E-state index in [4.69, 9.17) is 10.8 Å². The summed E-state index contributed by atoms with van der Waals surface area (Å²) in [4.78, 5) is 19.0. The Labute approximate surface area is 110 Å². The first-order valence-corrected chi connectivity index (χ1v) is 5.74. The number of nitrogens with zero attached hydrogens (tertiary/aromatic N) is 2. The molecule has 4 N–H and O–H groups in total. The quantitative estimate of drug-likeness (QED) is 0.774. The number of carboxylic acids is 1. The molecule has 1 unspecified atom stereocenters. The highest BCUT2D eigenvalue weighted by Crippen LogP contribution is 2.24. The average molecular weight is 258 g/mol. The van der Waals surface area contributed by atoms with Gasteiger partial charge in [0.25, 0.3) is 0 Å². The molecule has 1 atom stereocenters. The van der Waals surface area contributed by atoms with E-state index in [-0.39, 0.29) is 17.3 Å². The highest BCUT2D eigenvalue weighted by molar-refractivity contribution is 5.96. The lowest BCUT2D eigenvalue weighted by molar-refractivity contribution is 0.0698. The SMILES string of the molecule is CC(Nc1nccc(C(=O)O)c1N)c1ccncc1. The first-order chi connectivity index (χ1) is 9.09. The van der Waals surface area contributed by atoms with Crippen LogP contribution < -0.4 is 11.1 Å². The molecule has 0 aliphatic carbocycles. The molecule has 0 aliphatic heterocycles. The summed E-state index contributed by atoms with van der Waals surface area (Å²) in [7, 11) is 0. The summed E-state index contributed by atoms with van der Waals surface area (Å²) in [5, 5.41) is 12.1. The molecule has 0 aromatic carbocycles. The smallest absolute Gasteiger partial charge is 0.337 e. The second-order valence-corrected chi connectivity index (χ2v) is 4.07. The molecule has 0 bridgehead atoms. The van der Waals surface area contributed by atoms with E-state index in [1.807, 2.05) is 19.1 Å². The summed E-state index contributed by atoms with van der Waals surface area (Å²) in [6.45, 7) is 1.93. The minimum absolute atomic E-state index is 0.0411. The van der Waals surface area contributed by atoms with Crippen LogP contribution in [0, 0.1) is 0 Å². The van der Waals surface area contributed by atoms with E-state index < -0.39 is 5.97 Å². The van der Waals surface area contributed by atoms with Gasteiger partial charge >= 0.3 is 5.97 Å². The third-order valence-corrected chi connectivity index (χ3v) is 2.78. The second-order valence-electron chi connectivity index (χ2n) is 4.07. The summed E-state index contributed by atoms with van der Waals surface area (Å²) >= 11 is 0. The number of hydrogen-bond acceptors (Lipinski definition) is 5. The molecule has 0 saturated carbocycles. The van der Waals surface area contributed by atoms with Gasteiger partial charge in [0.15, 0.2) is 5.82 Å². The zero-order valence-electron chi connectivity index (χ0n) is 10.4. The maximum absolute atomic E-state index is 11.0. The van der Waals surface area contributed by atoms with Crippen LogP contribution >= 0.6 is 0 Å². The predicted octanol–water partition coefficient (Wildman–Crippen LogP) is 1.93. The Bertz CT molecular complexity index is 586. The Morgan fingerprint density at radius 3 is 2.63 bits per heavy atom. The van der Waals surface area contributed by atoms with Gasteiger partial charge in [-0.25, -0.2) is 9.78 Å². The van der Waals surface area contributed by atoms with Crippen molar-refractivity contribution in [3.63, 3.8) is 0 Å². The molecule has 6 nitrogen and oxygen atoms in total. The van der Waals surface area contributed by atoms with Gasteiger partial charge in [-0.3, -0.25) is 4.98 Å². The van der Waals surface area contributed by atoms with Crippen LogP contribution in [0.2, 0.25) is 0 Å². The van der Waals surface area contributed by atoms with Crippen molar-refractivity contribution in [1.82, 2.24) is 9.97 Å². The Balaban J connectivity index is 2.25. The van der Waals surface area contributed by atoms with E-state index >= 15 is 0 Å². The summed E-state index contributed by atoms with van der Waals surface area (Å²) in [5.41, 5.74) is 6.98. The van der Waals surface area contributed by atoms with Crippen LogP contribution in [0.4, 0.5) is 11.5 Å². The summed E-state index contributed by atoms with van der Waals surface area (Å²) in [5.74, 6) is -0.705. The number of anilines is 2. The van der Waals surface area contributed by atoms with Crippen LogP contribution in [-0.2, 0) is 0 Å². The lowest BCUT2D eigenvalue weighted by Gasteiger charge is -2.16. The fraction of sp³-hybridized carbons (Fsp3) is 0.154. The normalized spacial score (nSPS) is 11.8. The van der Waals surface area contributed by atoms with Crippen LogP contribution in [-0.4, -0.2) is 21.0 Å². The summed E-state index contributed by atoms with van der Waals surface area (Å²) < 4.78 is 0. The number of pyridine rings is 2. The van der Waals surface area contributed by atoms with Gasteiger partial charge in [0.05, 0.1) is 17.3 Å². The van der Waals surface area contributed by atoms with Crippen molar-refractivity contribution in [2.75, 3.05) is 11.1 Å². The standard InChI is InChI=1S/C13H14N4O2/c1-8(9-2-5-15-6-3-9)17-12-11(14)10(13(18)19)4-7-16-12/h2-8H,14H2,1H3,(H,16,17)(H,18,19). The molecule has 2 heterocycles. The highest BCUT2D eigenvalue weighted by Gasteiger charge is 2.14. The first-order valence-electron chi connectivity index (χ1n) is 5.74. The Kier molecular flexibility index (Phi) is 3.61. The van der Waals surface area contributed by atoms with Gasteiger partial charge in [-0.15, -0.1) is 0 Å². The molecule has 98 valence electrons. The third-order valence-electron chi connectivity index (χ3n) is 2.78. The number of rotatable bonds is 4. The van der Waals surface area contributed by atoms with E-state index in [0.29, 0.717) is 5.82 Å². The fourth-order valence-electron chi connectivity index (χ4n) is 1.72. The topological polar surface area (TPSA) is 101 Å². The van der Waals surface area contributed by atoms with Gasteiger partial charge in [-0.05, 0) is 30.7 Å². The highest BCUT2D eigenvalue weighted by atomic mass is 16.4. The lowest BCUT2D eigenvalue weighted by Crippen LogP contribution is -2.12. The minimum Gasteiger partial charge on any atom is -0.478 e. The molecule has 19 heavy (non-hydrogen) atoms. The molecule has 0 aliphatic rings. The van der Waals surface area contributed by atoms with Crippen molar-refractivity contribution in [3.05, 3.63) is 47.9 Å². The third kappa shape index (κ3) is 2.79. The number of aromatic nitrogens is 2. The Hall–Kier alpha value is -2.63. The molecule has 6 heteroatoms. The van der Waals surface area contributed by atoms with Gasteiger partial charge in [0.1, 0.15) is 0 Å². The van der Waals surface area contributed by atoms with Crippen LogP contribution in [0.1, 0.15) is 28.9 Å². The van der Waals surface area contributed by atoms with Crippen molar-refractivity contribution in [1.29, 1.82) is 0 Å². The van der Waals surface area contributed by atoms with Crippen LogP contribution in [0.25, 0.3) is 0 Å². The number of carboxylic acid groups (broad SMARTS) is 1. The van der Waals surface area contributed by atoms with Gasteiger partial charge in [0, 0.05) is 18.6 Å². The number of nitrogens with two attached hydrogens (primary N) is 1. The lowest BCUT2D eigenvalue weighted by atomic mass is 10.1. The predicted molar refractivity (Wildman–Crippen MR) is 71.9 cm³/mol. The Morgan fingerprint density at radius 1 is 1.32 bits per heavy atom. The largest absolute Gasteiger partial charge is 0.478 e. The molecule has 0 saturated heterocycles. The molecular weight excluding hydrogens is 244 g/mol. The second kappa shape index (κ2) is 5.34. The molecular formula is C13H14N4O2. The fourth-order valence-corrected chi connectivity index (χ4v) is 1.72. The van der Waals surface area contributed by atoms with Crippen molar-refractivity contribution in [2.24, 2.45) is 0 Å². The number of hydrogen-bond donors (Lipinski definition) is 3. The van der Waals surface area contributed by atoms with Crippen LogP contribution in [0.15, 0.2) is 36.8 Å². The summed E-state index contributed by atoms with van der Waals surface area (Å²) in [6.07, 6.45) is 4.80. The number of nitrogen functional groups attached to an aromatic ring is 1. The van der Waals surface area contributed by atoms with Gasteiger partial charge in [-0.1, -0.05) is 0 Å². The van der Waals surface area contributed by atoms with E-state index in [1.54, 1.807) is 12.4 Å². The number of aromatic carboxylic acids is 1. The number of nitrogens with one attached hydrogen (secondary N) is 1. The molecule has 2 rings (SSSR count). The van der Waals surface area contributed by atoms with Crippen molar-refractivity contribution < 1.29 is 9.90 Å². The average Bonchev–Trinajstić information content (AvgIpc) is 2.41. The molecule has 2 aromatic heterocycles. The zero-order chi connectivity index (χ0) is 13.8. The van der Waals surface area contributed by atoms with Gasteiger partial charge in [0.2, 0.25) is 0 Å². The molecule has 0 spiro atoms. The van der Waals surface area contributed by atoms with Crippen molar-refractivity contribution >= 4 is 17.5 Å². The molecule has 0 radical (unpaired) electrons. The van der Waals surface area contributed by atoms with Crippen molar-refractivity contribution in [2.45, 2.75) is 13.0 Å². The van der Waals surface area contributed by atoms with E-state index in [0.717, 1.165) is 5.56 Å². The number of carbonyl (C=O) groups is 1. The Morgan fingerprint density at radius 2 is 2.00 bits per heavy atom. The van der Waals surface area contributed by atoms with E-state index in [1.165, 1.54) is 12.3 Å². The summed E-state index contributed by atoms with van der Waals surface area (Å²) in [6, 6.07) is 5.06. The first kappa shape index (κ1) is 12.8. The van der Waals surface area contributed by atoms with E-state index in [2.05, 4.69) is 15.3 Å². The molecule has 0 amide bonds. The maximum Gasteiger partial charge on any atom is 0.337 e. The maximum atomic E-state index is 11.0.